The molecule has 2 aromatic rings. The summed E-state index contributed by atoms with van der Waals surface area (Å²) in [5, 5.41) is 23.8. The molecule has 1 heterocycles. The first-order chi connectivity index (χ1) is 16.2. The summed E-state index contributed by atoms with van der Waals surface area (Å²) in [6.45, 7) is 1.68. The van der Waals surface area contributed by atoms with Crippen LogP contribution in [0.3, 0.4) is 0 Å². The molecule has 0 N–H and O–H groups in total. The SMILES string of the molecule is CC1=CC[C@@H]2C(=O)N(N(Cc3ccc([N+](=O)[O-])cc3)C(=O)c3ccc([N+](=O)[O-])cc3)C(=O)[C@@H]2C1. The van der Waals surface area contributed by atoms with Crippen LogP contribution in [0.15, 0.2) is 60.2 Å². The van der Waals surface area contributed by atoms with Crippen LogP contribution in [-0.4, -0.2) is 37.6 Å². The number of rotatable bonds is 6. The van der Waals surface area contributed by atoms with Crippen LogP contribution in [0.4, 0.5) is 11.4 Å². The van der Waals surface area contributed by atoms with Gasteiger partial charge < -0.3 is 0 Å². The first-order valence-electron chi connectivity index (χ1n) is 10.5. The molecule has 1 saturated heterocycles. The first-order valence-corrected chi connectivity index (χ1v) is 10.5. The lowest BCUT2D eigenvalue weighted by atomic mass is 9.82. The second-order valence-corrected chi connectivity index (χ2v) is 8.28. The number of allylic oxidation sites excluding steroid dienone is 2. The largest absolute Gasteiger partial charge is 0.273 e. The molecular weight excluding hydrogens is 444 g/mol. The zero-order valence-corrected chi connectivity index (χ0v) is 18.1. The van der Waals surface area contributed by atoms with Gasteiger partial charge in [-0.2, -0.15) is 5.01 Å². The average molecular weight is 464 g/mol. The van der Waals surface area contributed by atoms with E-state index in [1.165, 1.54) is 36.4 Å². The van der Waals surface area contributed by atoms with Crippen LogP contribution in [0.5, 0.6) is 0 Å². The van der Waals surface area contributed by atoms with Crippen molar-refractivity contribution in [1.29, 1.82) is 0 Å². The van der Waals surface area contributed by atoms with E-state index in [1.54, 1.807) is 0 Å². The summed E-state index contributed by atoms with van der Waals surface area (Å²) in [5.74, 6) is -2.81. The van der Waals surface area contributed by atoms with Crippen molar-refractivity contribution in [3.05, 3.63) is 91.5 Å². The minimum Gasteiger partial charge on any atom is -0.272 e. The minimum atomic E-state index is -0.696. The Morgan fingerprint density at radius 2 is 1.47 bits per heavy atom. The number of hydrazine groups is 1. The highest BCUT2D eigenvalue weighted by atomic mass is 16.6. The van der Waals surface area contributed by atoms with Crippen molar-refractivity contribution in [2.24, 2.45) is 11.8 Å². The minimum absolute atomic E-state index is 0.0530. The number of imide groups is 1. The van der Waals surface area contributed by atoms with E-state index < -0.39 is 39.4 Å². The molecule has 0 radical (unpaired) electrons. The van der Waals surface area contributed by atoms with Gasteiger partial charge in [-0.3, -0.25) is 34.6 Å². The third-order valence-corrected chi connectivity index (χ3v) is 6.08. The molecule has 0 saturated carbocycles. The number of non-ortho nitro benzene ring substituents is 2. The van der Waals surface area contributed by atoms with Gasteiger partial charge >= 0.3 is 0 Å². The van der Waals surface area contributed by atoms with E-state index in [0.717, 1.165) is 27.7 Å². The van der Waals surface area contributed by atoms with Crippen LogP contribution in [0.25, 0.3) is 0 Å². The Kier molecular flexibility index (Phi) is 5.93. The van der Waals surface area contributed by atoms with Crippen molar-refractivity contribution in [3.63, 3.8) is 0 Å². The molecule has 34 heavy (non-hydrogen) atoms. The molecule has 0 spiro atoms. The fraction of sp³-hybridized carbons (Fsp3) is 0.261. The van der Waals surface area contributed by atoms with Gasteiger partial charge in [0.2, 0.25) is 0 Å². The topological polar surface area (TPSA) is 144 Å². The molecule has 11 heteroatoms. The number of fused-ring (bicyclic) bond motifs is 1. The van der Waals surface area contributed by atoms with Crippen molar-refractivity contribution in [1.82, 2.24) is 10.0 Å². The summed E-state index contributed by atoms with van der Waals surface area (Å²) < 4.78 is 0. The van der Waals surface area contributed by atoms with Crippen molar-refractivity contribution in [2.75, 3.05) is 0 Å². The quantitative estimate of drug-likeness (QED) is 0.276. The Bertz CT molecular complexity index is 1220. The fourth-order valence-electron chi connectivity index (χ4n) is 4.26. The zero-order chi connectivity index (χ0) is 24.6. The maximum absolute atomic E-state index is 13.4. The molecule has 0 bridgehead atoms. The normalized spacial score (nSPS) is 19.4. The summed E-state index contributed by atoms with van der Waals surface area (Å²) in [5.41, 5.74) is 1.16. The van der Waals surface area contributed by atoms with Crippen LogP contribution in [0, 0.1) is 32.1 Å². The van der Waals surface area contributed by atoms with Gasteiger partial charge in [-0.05, 0) is 37.5 Å². The highest BCUT2D eigenvalue weighted by Crippen LogP contribution is 2.39. The monoisotopic (exact) mass is 464 g/mol. The molecule has 1 aliphatic heterocycles. The van der Waals surface area contributed by atoms with Gasteiger partial charge in [-0.1, -0.05) is 23.8 Å². The van der Waals surface area contributed by atoms with E-state index in [4.69, 9.17) is 0 Å². The third kappa shape index (κ3) is 4.15. The van der Waals surface area contributed by atoms with Gasteiger partial charge in [0.25, 0.3) is 29.1 Å². The van der Waals surface area contributed by atoms with Gasteiger partial charge in [0, 0.05) is 29.8 Å². The number of carbonyl (C=O) groups is 3. The van der Waals surface area contributed by atoms with E-state index >= 15 is 0 Å². The first kappa shape index (κ1) is 22.8. The van der Waals surface area contributed by atoms with Crippen molar-refractivity contribution in [3.8, 4) is 0 Å². The summed E-state index contributed by atoms with van der Waals surface area (Å²) in [7, 11) is 0. The summed E-state index contributed by atoms with van der Waals surface area (Å²) in [4.78, 5) is 60.7. The van der Waals surface area contributed by atoms with Crippen LogP contribution in [0.2, 0.25) is 0 Å². The number of nitro groups is 2. The number of carbonyl (C=O) groups excluding carboxylic acids is 3. The zero-order valence-electron chi connectivity index (χ0n) is 18.1. The van der Waals surface area contributed by atoms with Crippen LogP contribution >= 0.6 is 0 Å². The molecule has 174 valence electrons. The van der Waals surface area contributed by atoms with Crippen molar-refractivity contribution < 1.29 is 24.2 Å². The maximum Gasteiger partial charge on any atom is 0.273 e. The Morgan fingerprint density at radius 3 is 2.03 bits per heavy atom. The summed E-state index contributed by atoms with van der Waals surface area (Å²) in [6, 6.07) is 10.3. The molecular formula is C23H20N4O7. The molecule has 2 aliphatic rings. The summed E-state index contributed by atoms with van der Waals surface area (Å²) in [6.07, 6.45) is 2.73. The van der Waals surface area contributed by atoms with Crippen LogP contribution in [0.1, 0.15) is 35.7 Å². The molecule has 3 amide bonds. The lowest BCUT2D eigenvalue weighted by molar-refractivity contribution is -0.385. The molecule has 11 nitrogen and oxygen atoms in total. The molecule has 0 aromatic heterocycles. The fourth-order valence-corrected chi connectivity index (χ4v) is 4.26. The second kappa shape index (κ2) is 8.85. The highest BCUT2D eigenvalue weighted by Gasteiger charge is 2.51. The van der Waals surface area contributed by atoms with Crippen LogP contribution < -0.4 is 0 Å². The molecule has 2 aromatic carbocycles. The summed E-state index contributed by atoms with van der Waals surface area (Å²) >= 11 is 0. The number of amides is 3. The number of hydrogen-bond donors (Lipinski definition) is 0. The Balaban J connectivity index is 1.69. The van der Waals surface area contributed by atoms with Gasteiger partial charge in [-0.15, -0.1) is 0 Å². The predicted octanol–water partition coefficient (Wildman–Crippen LogP) is 3.40. The lowest BCUT2D eigenvalue weighted by Gasteiger charge is -2.30. The predicted molar refractivity (Wildman–Crippen MR) is 118 cm³/mol. The van der Waals surface area contributed by atoms with Gasteiger partial charge in [-0.25, -0.2) is 5.01 Å². The smallest absolute Gasteiger partial charge is 0.272 e. The van der Waals surface area contributed by atoms with E-state index in [0.29, 0.717) is 18.4 Å². The third-order valence-electron chi connectivity index (χ3n) is 6.08. The molecule has 1 aliphatic carbocycles. The van der Waals surface area contributed by atoms with Gasteiger partial charge in [0.1, 0.15) is 0 Å². The van der Waals surface area contributed by atoms with E-state index in [1.807, 2.05) is 13.0 Å². The number of hydrogen-bond acceptors (Lipinski definition) is 7. The van der Waals surface area contributed by atoms with E-state index in [2.05, 4.69) is 0 Å². The molecule has 2 atom stereocenters. The maximum atomic E-state index is 13.4. The number of benzene rings is 2. The second-order valence-electron chi connectivity index (χ2n) is 8.28. The van der Waals surface area contributed by atoms with Crippen molar-refractivity contribution in [2.45, 2.75) is 26.3 Å². The van der Waals surface area contributed by atoms with E-state index in [9.17, 15) is 34.6 Å². The highest BCUT2D eigenvalue weighted by molar-refractivity contribution is 6.08. The van der Waals surface area contributed by atoms with Crippen LogP contribution in [-0.2, 0) is 16.1 Å². The Morgan fingerprint density at radius 1 is 0.941 bits per heavy atom. The average Bonchev–Trinajstić information content (AvgIpc) is 3.06. The molecule has 1 fully saturated rings. The van der Waals surface area contributed by atoms with Gasteiger partial charge in [0.15, 0.2) is 0 Å². The number of nitro benzene ring substituents is 2. The standard InChI is InChI=1S/C23H20N4O7/c1-14-2-11-19-20(12-14)23(30)25(22(19)29)24(13-15-3-7-17(8-4-15)26(31)32)21(28)16-5-9-18(10-6-16)27(33)34/h2-10,19-20H,11-13H2,1H3/t19-,20+/m0/s1. The Hall–Kier alpha value is -4.41. The van der Waals surface area contributed by atoms with E-state index in [-0.39, 0.29) is 23.5 Å². The molecule has 0 unspecified atom stereocenters. The van der Waals surface area contributed by atoms with Gasteiger partial charge in [0.05, 0.1) is 28.2 Å². The molecule has 4 rings (SSSR count). The van der Waals surface area contributed by atoms with Crippen molar-refractivity contribution >= 4 is 29.1 Å². The Labute approximate surface area is 193 Å². The number of nitrogens with zero attached hydrogens (tertiary/aromatic N) is 4. The lowest BCUT2D eigenvalue weighted by Crippen LogP contribution is -2.49.